The molecule has 1 N–H and O–H groups in total. The fraction of sp³-hybridized carbons (Fsp3) is 0.286. The fourth-order valence-corrected chi connectivity index (χ4v) is 4.11. The molecule has 3 heterocycles. The maximum absolute atomic E-state index is 5.64. The van der Waals surface area contributed by atoms with E-state index in [4.69, 9.17) is 19.2 Å². The number of ether oxygens (including phenoxy) is 3. The molecule has 1 fully saturated rings. The standard InChI is InChI=1S/C21H21N3O3S/c1-4-17(24-7-9-25-10-8-24)5-2-15(1)18-14-28-21(23-18)22-16-3-6-19-20(13-16)27-12-11-26-19/h1-6,13-14H,7-12H2,(H,22,23). The average Bonchev–Trinajstić information content (AvgIpc) is 3.23. The molecule has 2 aromatic carbocycles. The van der Waals surface area contributed by atoms with E-state index >= 15 is 0 Å². The second-order valence-corrected chi connectivity index (χ2v) is 7.53. The SMILES string of the molecule is c1cc2c(cc1Nc1nc(-c3ccc(N4CCOCC4)cc3)cs1)OCCO2. The number of nitrogens with zero attached hydrogens (tertiary/aromatic N) is 2. The smallest absolute Gasteiger partial charge is 0.187 e. The van der Waals surface area contributed by atoms with E-state index in [0.29, 0.717) is 13.2 Å². The van der Waals surface area contributed by atoms with Crippen LogP contribution >= 0.6 is 11.3 Å². The van der Waals surface area contributed by atoms with E-state index in [0.717, 1.165) is 59.9 Å². The summed E-state index contributed by atoms with van der Waals surface area (Å²) in [4.78, 5) is 7.08. The van der Waals surface area contributed by atoms with Crippen LogP contribution in [-0.2, 0) is 4.74 Å². The van der Waals surface area contributed by atoms with Crippen molar-refractivity contribution >= 4 is 27.8 Å². The molecule has 0 unspecified atom stereocenters. The largest absolute Gasteiger partial charge is 0.486 e. The van der Waals surface area contributed by atoms with E-state index in [1.807, 2.05) is 18.2 Å². The first-order valence-corrected chi connectivity index (χ1v) is 10.3. The predicted octanol–water partition coefficient (Wildman–Crippen LogP) is 4.16. The Morgan fingerprint density at radius 2 is 1.68 bits per heavy atom. The second-order valence-electron chi connectivity index (χ2n) is 6.67. The van der Waals surface area contributed by atoms with E-state index in [-0.39, 0.29) is 0 Å². The van der Waals surface area contributed by atoms with Gasteiger partial charge in [-0.3, -0.25) is 0 Å². The van der Waals surface area contributed by atoms with Gasteiger partial charge in [-0.25, -0.2) is 4.98 Å². The van der Waals surface area contributed by atoms with E-state index in [1.165, 1.54) is 5.69 Å². The highest BCUT2D eigenvalue weighted by Gasteiger charge is 2.14. The predicted molar refractivity (Wildman–Crippen MR) is 111 cm³/mol. The Kier molecular flexibility index (Phi) is 4.76. The van der Waals surface area contributed by atoms with Crippen molar-refractivity contribution < 1.29 is 14.2 Å². The molecule has 28 heavy (non-hydrogen) atoms. The number of aromatic nitrogens is 1. The minimum absolute atomic E-state index is 0.582. The number of rotatable bonds is 4. The molecule has 0 spiro atoms. The molecule has 144 valence electrons. The number of benzene rings is 2. The lowest BCUT2D eigenvalue weighted by Crippen LogP contribution is -2.36. The zero-order chi connectivity index (χ0) is 18.8. The monoisotopic (exact) mass is 395 g/mol. The third-order valence-electron chi connectivity index (χ3n) is 4.84. The minimum Gasteiger partial charge on any atom is -0.486 e. The number of hydrogen-bond acceptors (Lipinski definition) is 7. The molecule has 0 atom stereocenters. The molecule has 6 nitrogen and oxygen atoms in total. The van der Waals surface area contributed by atoms with Crippen molar-refractivity contribution in [1.29, 1.82) is 0 Å². The van der Waals surface area contributed by atoms with E-state index < -0.39 is 0 Å². The molecule has 0 aliphatic carbocycles. The molecule has 0 amide bonds. The third kappa shape index (κ3) is 3.63. The van der Waals surface area contributed by atoms with Crippen molar-refractivity contribution in [2.75, 3.05) is 49.7 Å². The van der Waals surface area contributed by atoms with Crippen LogP contribution in [0.2, 0.25) is 0 Å². The number of morpholine rings is 1. The van der Waals surface area contributed by atoms with Crippen LogP contribution in [0.25, 0.3) is 11.3 Å². The van der Waals surface area contributed by atoms with Crippen molar-refractivity contribution in [1.82, 2.24) is 4.98 Å². The van der Waals surface area contributed by atoms with Crippen molar-refractivity contribution in [2.45, 2.75) is 0 Å². The highest BCUT2D eigenvalue weighted by Crippen LogP contribution is 2.35. The quantitative estimate of drug-likeness (QED) is 0.716. The van der Waals surface area contributed by atoms with Crippen LogP contribution in [0, 0.1) is 0 Å². The van der Waals surface area contributed by atoms with Gasteiger partial charge in [0.05, 0.1) is 18.9 Å². The highest BCUT2D eigenvalue weighted by atomic mass is 32.1. The van der Waals surface area contributed by atoms with E-state index in [9.17, 15) is 0 Å². The maximum atomic E-state index is 5.64. The van der Waals surface area contributed by atoms with Gasteiger partial charge in [0.1, 0.15) is 13.2 Å². The Hall–Kier alpha value is -2.77. The zero-order valence-electron chi connectivity index (χ0n) is 15.4. The topological polar surface area (TPSA) is 55.9 Å². The van der Waals surface area contributed by atoms with E-state index in [1.54, 1.807) is 11.3 Å². The molecule has 1 saturated heterocycles. The van der Waals surface area contributed by atoms with Gasteiger partial charge in [0.2, 0.25) is 0 Å². The molecule has 0 radical (unpaired) electrons. The second kappa shape index (κ2) is 7.69. The van der Waals surface area contributed by atoms with Crippen LogP contribution in [0.5, 0.6) is 11.5 Å². The number of thiazole rings is 1. The van der Waals surface area contributed by atoms with Gasteiger partial charge >= 0.3 is 0 Å². The summed E-state index contributed by atoms with van der Waals surface area (Å²) in [7, 11) is 0. The summed E-state index contributed by atoms with van der Waals surface area (Å²) in [6.45, 7) is 4.66. The summed E-state index contributed by atoms with van der Waals surface area (Å²) >= 11 is 1.59. The summed E-state index contributed by atoms with van der Waals surface area (Å²) in [6.07, 6.45) is 0. The molecule has 5 rings (SSSR count). The Bertz CT molecular complexity index is 952. The third-order valence-corrected chi connectivity index (χ3v) is 5.59. The lowest BCUT2D eigenvalue weighted by atomic mass is 10.1. The van der Waals surface area contributed by atoms with Crippen LogP contribution < -0.4 is 19.7 Å². The summed E-state index contributed by atoms with van der Waals surface area (Å²) in [6, 6.07) is 14.4. The van der Waals surface area contributed by atoms with Crippen LogP contribution in [-0.4, -0.2) is 44.5 Å². The first-order chi connectivity index (χ1) is 13.8. The lowest BCUT2D eigenvalue weighted by molar-refractivity contribution is 0.122. The van der Waals surface area contributed by atoms with Crippen LogP contribution in [0.15, 0.2) is 47.8 Å². The normalized spacial score (nSPS) is 16.1. The maximum Gasteiger partial charge on any atom is 0.187 e. The fourth-order valence-electron chi connectivity index (χ4n) is 3.37. The molecule has 2 aliphatic rings. The van der Waals surface area contributed by atoms with Crippen molar-refractivity contribution in [3.8, 4) is 22.8 Å². The number of anilines is 3. The van der Waals surface area contributed by atoms with Crippen LogP contribution in [0.1, 0.15) is 0 Å². The van der Waals surface area contributed by atoms with Gasteiger partial charge in [-0.15, -0.1) is 11.3 Å². The van der Waals surface area contributed by atoms with Gasteiger partial charge in [0, 0.05) is 41.5 Å². The summed E-state index contributed by atoms with van der Waals surface area (Å²) in [5.74, 6) is 1.56. The molecule has 2 aliphatic heterocycles. The molecular formula is C21H21N3O3S. The van der Waals surface area contributed by atoms with Gasteiger partial charge in [0.15, 0.2) is 16.6 Å². The van der Waals surface area contributed by atoms with Crippen molar-refractivity contribution in [3.05, 3.63) is 47.8 Å². The van der Waals surface area contributed by atoms with Crippen LogP contribution in [0.3, 0.4) is 0 Å². The van der Waals surface area contributed by atoms with Gasteiger partial charge < -0.3 is 24.4 Å². The zero-order valence-corrected chi connectivity index (χ0v) is 16.2. The van der Waals surface area contributed by atoms with Gasteiger partial charge in [0.25, 0.3) is 0 Å². The van der Waals surface area contributed by atoms with Crippen molar-refractivity contribution in [2.24, 2.45) is 0 Å². The van der Waals surface area contributed by atoms with Gasteiger partial charge in [-0.05, 0) is 24.3 Å². The number of hydrogen-bond donors (Lipinski definition) is 1. The summed E-state index contributed by atoms with van der Waals surface area (Å²) in [5.41, 5.74) is 4.26. The molecule has 3 aromatic rings. The molecule has 0 saturated carbocycles. The highest BCUT2D eigenvalue weighted by molar-refractivity contribution is 7.14. The van der Waals surface area contributed by atoms with Crippen LogP contribution in [0.4, 0.5) is 16.5 Å². The lowest BCUT2D eigenvalue weighted by Gasteiger charge is -2.28. The first-order valence-electron chi connectivity index (χ1n) is 9.40. The summed E-state index contributed by atoms with van der Waals surface area (Å²) < 4.78 is 16.6. The Morgan fingerprint density at radius 1 is 0.893 bits per heavy atom. The first kappa shape index (κ1) is 17.3. The molecule has 1 aromatic heterocycles. The van der Waals surface area contributed by atoms with Crippen molar-refractivity contribution in [3.63, 3.8) is 0 Å². The number of nitrogens with one attached hydrogen (secondary N) is 1. The average molecular weight is 395 g/mol. The Balaban J connectivity index is 1.29. The minimum atomic E-state index is 0.582. The number of fused-ring (bicyclic) bond motifs is 1. The van der Waals surface area contributed by atoms with Gasteiger partial charge in [-0.1, -0.05) is 12.1 Å². The summed E-state index contributed by atoms with van der Waals surface area (Å²) in [5, 5.41) is 6.28. The molecule has 0 bridgehead atoms. The van der Waals surface area contributed by atoms with E-state index in [2.05, 4.69) is 39.9 Å². The van der Waals surface area contributed by atoms with Gasteiger partial charge in [-0.2, -0.15) is 0 Å². The Morgan fingerprint density at radius 3 is 2.50 bits per heavy atom. The molecule has 7 heteroatoms. The Labute approximate surface area is 167 Å². The molecular weight excluding hydrogens is 374 g/mol.